The minimum absolute atomic E-state index is 0.141. The van der Waals surface area contributed by atoms with E-state index in [4.69, 9.17) is 16.3 Å². The highest BCUT2D eigenvalue weighted by Gasteiger charge is 2.31. The molecule has 1 heterocycles. The first kappa shape index (κ1) is 23.7. The van der Waals surface area contributed by atoms with E-state index in [0.717, 1.165) is 0 Å². The van der Waals surface area contributed by atoms with Crippen molar-refractivity contribution in [3.05, 3.63) is 64.3 Å². The summed E-state index contributed by atoms with van der Waals surface area (Å²) in [7, 11) is 1.52. The molecule has 0 saturated carbocycles. The molecule has 9 heteroatoms. The SMILES string of the molecule is COc1ccc2c(c1)c(CC(=O)NC(CO)(CO)CO)c(C)n2C(=O)c1ccc(Cl)cc1. The summed E-state index contributed by atoms with van der Waals surface area (Å²) in [5, 5.41) is 32.2. The molecule has 0 atom stereocenters. The van der Waals surface area contributed by atoms with Crippen LogP contribution in [0.1, 0.15) is 21.6 Å². The Hall–Kier alpha value is -2.91. The van der Waals surface area contributed by atoms with Crippen LogP contribution in [0.4, 0.5) is 0 Å². The molecule has 0 aliphatic carbocycles. The normalized spacial score (nSPS) is 11.6. The maximum atomic E-state index is 13.3. The lowest BCUT2D eigenvalue weighted by atomic mass is 10.0. The summed E-state index contributed by atoms with van der Waals surface area (Å²) in [6, 6.07) is 11.7. The second kappa shape index (κ2) is 9.70. The second-order valence-corrected chi connectivity index (χ2v) is 8.01. The fourth-order valence-corrected chi connectivity index (χ4v) is 3.69. The number of methoxy groups -OCH3 is 1. The summed E-state index contributed by atoms with van der Waals surface area (Å²) in [6.07, 6.45) is -0.141. The van der Waals surface area contributed by atoms with Crippen molar-refractivity contribution in [1.29, 1.82) is 0 Å². The van der Waals surface area contributed by atoms with Crippen molar-refractivity contribution in [2.24, 2.45) is 0 Å². The highest BCUT2D eigenvalue weighted by atomic mass is 35.5. The van der Waals surface area contributed by atoms with E-state index in [1.165, 1.54) is 11.7 Å². The molecule has 1 aromatic heterocycles. The summed E-state index contributed by atoms with van der Waals surface area (Å²) in [5.74, 6) is -0.242. The monoisotopic (exact) mass is 460 g/mol. The van der Waals surface area contributed by atoms with E-state index in [9.17, 15) is 24.9 Å². The zero-order chi connectivity index (χ0) is 23.5. The second-order valence-electron chi connectivity index (χ2n) is 7.57. The van der Waals surface area contributed by atoms with Gasteiger partial charge in [0.15, 0.2) is 0 Å². The van der Waals surface area contributed by atoms with Gasteiger partial charge >= 0.3 is 0 Å². The number of aliphatic hydroxyl groups is 3. The molecule has 0 fully saturated rings. The number of benzene rings is 2. The Morgan fingerprint density at radius 2 is 1.69 bits per heavy atom. The Bertz CT molecular complexity index is 1130. The van der Waals surface area contributed by atoms with Crippen molar-refractivity contribution in [2.45, 2.75) is 18.9 Å². The molecule has 2 aromatic carbocycles. The summed E-state index contributed by atoms with van der Waals surface area (Å²) in [4.78, 5) is 26.1. The standard InChI is InChI=1S/C23H25ClN2O6/c1-14-18(10-21(30)25-23(11-27,12-28)13-29)19-9-17(32-2)7-8-20(19)26(14)22(31)15-3-5-16(24)6-4-15/h3-9,27-29H,10-13H2,1-2H3,(H,25,30). The van der Waals surface area contributed by atoms with Crippen LogP contribution < -0.4 is 10.1 Å². The Morgan fingerprint density at radius 3 is 2.25 bits per heavy atom. The van der Waals surface area contributed by atoms with Gasteiger partial charge in [0, 0.05) is 21.7 Å². The van der Waals surface area contributed by atoms with Crippen molar-refractivity contribution in [3.8, 4) is 5.75 Å². The van der Waals surface area contributed by atoms with Crippen LogP contribution in [0.2, 0.25) is 5.02 Å². The number of amides is 1. The van der Waals surface area contributed by atoms with E-state index < -0.39 is 31.3 Å². The van der Waals surface area contributed by atoms with Crippen LogP contribution in [0, 0.1) is 6.92 Å². The number of ether oxygens (including phenoxy) is 1. The smallest absolute Gasteiger partial charge is 0.262 e. The third-order valence-corrected chi connectivity index (χ3v) is 5.74. The molecule has 3 rings (SSSR count). The molecule has 8 nitrogen and oxygen atoms in total. The van der Waals surface area contributed by atoms with Crippen molar-refractivity contribution in [1.82, 2.24) is 9.88 Å². The zero-order valence-corrected chi connectivity index (χ0v) is 18.5. The molecule has 0 bridgehead atoms. The summed E-state index contributed by atoms with van der Waals surface area (Å²) in [6.45, 7) is -0.152. The van der Waals surface area contributed by atoms with E-state index in [2.05, 4.69) is 5.32 Å². The Kier molecular flexibility index (Phi) is 7.20. The average molecular weight is 461 g/mol. The summed E-state index contributed by atoms with van der Waals surface area (Å²) >= 11 is 5.94. The largest absolute Gasteiger partial charge is 0.497 e. The summed E-state index contributed by atoms with van der Waals surface area (Å²) in [5.41, 5.74) is 0.637. The topological polar surface area (TPSA) is 121 Å². The summed E-state index contributed by atoms with van der Waals surface area (Å²) < 4.78 is 6.84. The van der Waals surface area contributed by atoms with E-state index >= 15 is 0 Å². The number of aromatic nitrogens is 1. The maximum absolute atomic E-state index is 13.3. The van der Waals surface area contributed by atoms with Crippen LogP contribution >= 0.6 is 11.6 Å². The molecule has 1 amide bonds. The number of carbonyl (C=O) groups excluding carboxylic acids is 2. The lowest BCUT2D eigenvalue weighted by Crippen LogP contribution is -2.57. The molecule has 0 saturated heterocycles. The van der Waals surface area contributed by atoms with Gasteiger partial charge in [0.1, 0.15) is 11.3 Å². The fourth-order valence-electron chi connectivity index (χ4n) is 3.56. The highest BCUT2D eigenvalue weighted by Crippen LogP contribution is 2.31. The van der Waals surface area contributed by atoms with E-state index in [-0.39, 0.29) is 12.3 Å². The van der Waals surface area contributed by atoms with Gasteiger partial charge in [0.05, 0.1) is 38.9 Å². The number of nitrogens with one attached hydrogen (secondary N) is 1. The maximum Gasteiger partial charge on any atom is 0.262 e. The lowest BCUT2D eigenvalue weighted by Gasteiger charge is -2.28. The first-order valence-corrected chi connectivity index (χ1v) is 10.3. The number of aliphatic hydroxyl groups excluding tert-OH is 3. The zero-order valence-electron chi connectivity index (χ0n) is 17.8. The molecule has 0 radical (unpaired) electrons. The molecule has 0 aliphatic heterocycles. The van der Waals surface area contributed by atoms with Crippen molar-refractivity contribution in [3.63, 3.8) is 0 Å². The molecular weight excluding hydrogens is 436 g/mol. The molecule has 0 spiro atoms. The lowest BCUT2D eigenvalue weighted by molar-refractivity contribution is -0.124. The number of carbonyl (C=O) groups is 2. The van der Waals surface area contributed by atoms with Gasteiger partial charge in [-0.3, -0.25) is 14.2 Å². The Labute approximate surface area is 190 Å². The van der Waals surface area contributed by atoms with Gasteiger partial charge in [-0.05, 0) is 55.0 Å². The number of rotatable bonds is 8. The molecule has 32 heavy (non-hydrogen) atoms. The quantitative estimate of drug-likeness (QED) is 0.406. The number of fused-ring (bicyclic) bond motifs is 1. The van der Waals surface area contributed by atoms with E-state index in [1.54, 1.807) is 49.4 Å². The van der Waals surface area contributed by atoms with Crippen LogP contribution in [0.3, 0.4) is 0 Å². The number of nitrogens with zero attached hydrogens (tertiary/aromatic N) is 1. The van der Waals surface area contributed by atoms with Crippen molar-refractivity contribution in [2.75, 3.05) is 26.9 Å². The van der Waals surface area contributed by atoms with Gasteiger partial charge in [-0.2, -0.15) is 0 Å². The van der Waals surface area contributed by atoms with Gasteiger partial charge in [-0.1, -0.05) is 11.6 Å². The van der Waals surface area contributed by atoms with Crippen LogP contribution in [0.5, 0.6) is 5.75 Å². The number of hydrogen-bond acceptors (Lipinski definition) is 6. The Balaban J connectivity index is 2.08. The minimum atomic E-state index is -1.54. The predicted octanol–water partition coefficient (Wildman–Crippen LogP) is 1.67. The highest BCUT2D eigenvalue weighted by molar-refractivity contribution is 6.30. The number of halogens is 1. The van der Waals surface area contributed by atoms with Crippen LogP contribution in [-0.4, -0.2) is 64.2 Å². The molecule has 0 aliphatic rings. The number of hydrogen-bond donors (Lipinski definition) is 4. The Morgan fingerprint density at radius 1 is 1.06 bits per heavy atom. The van der Waals surface area contributed by atoms with Crippen LogP contribution in [0.25, 0.3) is 10.9 Å². The van der Waals surface area contributed by atoms with Crippen molar-refractivity contribution < 1.29 is 29.6 Å². The molecule has 3 aromatic rings. The van der Waals surface area contributed by atoms with Crippen LogP contribution in [0.15, 0.2) is 42.5 Å². The predicted molar refractivity (Wildman–Crippen MR) is 120 cm³/mol. The molecular formula is C23H25ClN2O6. The van der Waals surface area contributed by atoms with Gasteiger partial charge in [0.2, 0.25) is 5.91 Å². The molecule has 0 unspecified atom stereocenters. The fraction of sp³-hybridized carbons (Fsp3) is 0.304. The third-order valence-electron chi connectivity index (χ3n) is 5.49. The van der Waals surface area contributed by atoms with E-state index in [0.29, 0.717) is 38.5 Å². The molecule has 170 valence electrons. The van der Waals surface area contributed by atoms with Gasteiger partial charge in [0.25, 0.3) is 5.91 Å². The van der Waals surface area contributed by atoms with Crippen molar-refractivity contribution >= 4 is 34.3 Å². The van der Waals surface area contributed by atoms with Gasteiger partial charge in [-0.15, -0.1) is 0 Å². The van der Waals surface area contributed by atoms with Gasteiger partial charge < -0.3 is 25.4 Å². The van der Waals surface area contributed by atoms with Gasteiger partial charge in [-0.25, -0.2) is 0 Å². The first-order chi connectivity index (χ1) is 15.3. The van der Waals surface area contributed by atoms with Crippen LogP contribution in [-0.2, 0) is 11.2 Å². The van der Waals surface area contributed by atoms with E-state index in [1.807, 2.05) is 0 Å². The molecule has 4 N–H and O–H groups in total. The first-order valence-electron chi connectivity index (χ1n) is 9.91. The average Bonchev–Trinajstić information content (AvgIpc) is 3.08. The third kappa shape index (κ3) is 4.49. The minimum Gasteiger partial charge on any atom is -0.497 e.